The van der Waals surface area contributed by atoms with Crippen molar-refractivity contribution in [3.8, 4) is 5.88 Å². The molecule has 17 nitrogen and oxygen atoms in total. The van der Waals surface area contributed by atoms with Crippen molar-refractivity contribution in [2.24, 2.45) is 0 Å². The fourth-order valence-corrected chi connectivity index (χ4v) is 8.87. The third kappa shape index (κ3) is 9.33. The molecule has 4 aromatic rings. The summed E-state index contributed by atoms with van der Waals surface area (Å²) in [5.74, 6) is 0.561. The number of carbonyl (C=O) groups is 4. The van der Waals surface area contributed by atoms with Gasteiger partial charge in [-0.25, -0.2) is 19.7 Å². The van der Waals surface area contributed by atoms with E-state index in [4.69, 9.17) is 14.5 Å². The smallest absolute Gasteiger partial charge is 0.415 e. The van der Waals surface area contributed by atoms with E-state index in [1.54, 1.807) is 4.90 Å². The van der Waals surface area contributed by atoms with Gasteiger partial charge < -0.3 is 34.8 Å². The lowest BCUT2D eigenvalue weighted by atomic mass is 10.0. The minimum absolute atomic E-state index is 0.133. The molecule has 17 heteroatoms. The first-order valence-corrected chi connectivity index (χ1v) is 21.9. The Morgan fingerprint density at radius 1 is 0.889 bits per heavy atom. The number of imide groups is 1. The van der Waals surface area contributed by atoms with Crippen LogP contribution < -0.4 is 35.4 Å². The highest BCUT2D eigenvalue weighted by Crippen LogP contribution is 2.40. The zero-order valence-electron chi connectivity index (χ0n) is 36.4. The molecule has 3 fully saturated rings. The summed E-state index contributed by atoms with van der Waals surface area (Å²) < 4.78 is 11.6. The quantitative estimate of drug-likeness (QED) is 0.202. The lowest BCUT2D eigenvalue weighted by Crippen LogP contribution is -2.63. The number of benzene rings is 2. The van der Waals surface area contributed by atoms with Crippen molar-refractivity contribution < 1.29 is 28.7 Å². The molecule has 1 atom stereocenters. The summed E-state index contributed by atoms with van der Waals surface area (Å²) in [4.78, 5) is 74.9. The van der Waals surface area contributed by atoms with Crippen LogP contribution >= 0.6 is 0 Å². The average molecular weight is 858 g/mol. The van der Waals surface area contributed by atoms with Gasteiger partial charge in [0.1, 0.15) is 23.9 Å². The first-order chi connectivity index (χ1) is 30.3. The molecule has 1 unspecified atom stereocenters. The van der Waals surface area contributed by atoms with Crippen LogP contribution in [0.1, 0.15) is 56.0 Å². The highest BCUT2D eigenvalue weighted by Gasteiger charge is 2.36. The number of amides is 4. The SMILES string of the molecule is Cc1c(N2CCc3cnc(Nc4ccc(CC(=O)N5CCN(C6CN(c7ccc(NC8CCC(=O)NC8=O)cc7)C6)CC5)cc4)nc3C2)cnc2c1N(C(=O)OC(C)(C)C)CCO2. The van der Waals surface area contributed by atoms with Gasteiger partial charge >= 0.3 is 6.09 Å². The van der Waals surface area contributed by atoms with Gasteiger partial charge in [-0.2, -0.15) is 0 Å². The molecule has 0 aliphatic carbocycles. The minimum atomic E-state index is -0.627. The number of hydrogen-bond acceptors (Lipinski definition) is 14. The number of hydrogen-bond donors (Lipinski definition) is 3. The Kier molecular flexibility index (Phi) is 11.5. The van der Waals surface area contributed by atoms with Crippen molar-refractivity contribution in [3.63, 3.8) is 0 Å². The standard InChI is InChI=1S/C46H55N11O6/c1-29-38(25-47-43-41(29)57(21-22-62-43)45(61)63-46(2,3)4)55-16-15-31-24-48-44(51-37(31)28-55)50-33-7-5-30(6-8-33)23-40(59)54-19-17-53(18-20-54)35-26-56(27-35)34-11-9-32(10-12-34)49-36-13-14-39(58)52-42(36)60/h5-12,24-25,35-36,49H,13-23,26-28H2,1-4H3,(H,48,50,51)(H,52,58,60). The van der Waals surface area contributed by atoms with Gasteiger partial charge in [-0.05, 0) is 88.1 Å². The molecule has 3 saturated heterocycles. The highest BCUT2D eigenvalue weighted by molar-refractivity contribution is 6.01. The highest BCUT2D eigenvalue weighted by atomic mass is 16.6. The van der Waals surface area contributed by atoms with Crippen molar-refractivity contribution in [1.29, 1.82) is 0 Å². The van der Waals surface area contributed by atoms with E-state index in [9.17, 15) is 19.2 Å². The first-order valence-electron chi connectivity index (χ1n) is 21.9. The number of anilines is 6. The van der Waals surface area contributed by atoms with Crippen LogP contribution in [0.2, 0.25) is 0 Å². The van der Waals surface area contributed by atoms with Crippen LogP contribution in [-0.2, 0) is 38.5 Å². The summed E-state index contributed by atoms with van der Waals surface area (Å²) >= 11 is 0. The molecular formula is C46H55N11O6. The fourth-order valence-electron chi connectivity index (χ4n) is 8.87. The second kappa shape index (κ2) is 17.3. The van der Waals surface area contributed by atoms with E-state index in [2.05, 4.69) is 52.8 Å². The average Bonchev–Trinajstić information content (AvgIpc) is 3.25. The monoisotopic (exact) mass is 857 g/mol. The molecule has 3 N–H and O–H groups in total. The number of fused-ring (bicyclic) bond motifs is 2. The lowest BCUT2D eigenvalue weighted by molar-refractivity contribution is -0.134. The maximum atomic E-state index is 13.4. The predicted octanol–water partition coefficient (Wildman–Crippen LogP) is 4.41. The number of aromatic nitrogens is 3. The molecule has 9 rings (SSSR count). The molecule has 7 heterocycles. The molecular weight excluding hydrogens is 803 g/mol. The van der Waals surface area contributed by atoms with E-state index in [1.807, 2.05) is 81.4 Å². The largest absolute Gasteiger partial charge is 0.474 e. The van der Waals surface area contributed by atoms with Crippen molar-refractivity contribution >= 4 is 58.2 Å². The summed E-state index contributed by atoms with van der Waals surface area (Å²) in [6, 6.07) is 16.0. The Morgan fingerprint density at radius 2 is 1.63 bits per heavy atom. The fraction of sp³-hybridized carbons (Fsp3) is 0.457. The van der Waals surface area contributed by atoms with Crippen LogP contribution in [0.15, 0.2) is 60.9 Å². The summed E-state index contributed by atoms with van der Waals surface area (Å²) in [5.41, 5.74) is 7.60. The summed E-state index contributed by atoms with van der Waals surface area (Å²) in [7, 11) is 0. The Morgan fingerprint density at radius 3 is 2.37 bits per heavy atom. The van der Waals surface area contributed by atoms with E-state index in [1.165, 1.54) is 0 Å². The van der Waals surface area contributed by atoms with Gasteiger partial charge in [0.25, 0.3) is 0 Å². The van der Waals surface area contributed by atoms with Gasteiger partial charge in [-0.3, -0.25) is 29.5 Å². The van der Waals surface area contributed by atoms with Crippen LogP contribution in [0.5, 0.6) is 5.88 Å². The number of rotatable bonds is 9. The summed E-state index contributed by atoms with van der Waals surface area (Å²) in [6.45, 7) is 14.6. The topological polar surface area (TPSA) is 178 Å². The van der Waals surface area contributed by atoms with Crippen molar-refractivity contribution in [2.75, 3.05) is 84.3 Å². The zero-order chi connectivity index (χ0) is 43.8. The van der Waals surface area contributed by atoms with Crippen LogP contribution in [-0.4, -0.2) is 125 Å². The number of nitrogens with zero attached hydrogens (tertiary/aromatic N) is 8. The maximum Gasteiger partial charge on any atom is 0.415 e. The molecule has 5 aliphatic heterocycles. The zero-order valence-corrected chi connectivity index (χ0v) is 36.4. The van der Waals surface area contributed by atoms with Crippen molar-refractivity contribution in [1.82, 2.24) is 30.1 Å². The molecule has 0 saturated carbocycles. The molecule has 330 valence electrons. The van der Waals surface area contributed by atoms with Crippen LogP contribution in [0.3, 0.4) is 0 Å². The van der Waals surface area contributed by atoms with Gasteiger partial charge in [0.15, 0.2) is 0 Å². The Labute approximate surface area is 367 Å². The van der Waals surface area contributed by atoms with Gasteiger partial charge in [0.05, 0.1) is 37.1 Å². The van der Waals surface area contributed by atoms with Crippen LogP contribution in [0.4, 0.5) is 39.2 Å². The number of carbonyl (C=O) groups excluding carboxylic acids is 4. The molecule has 2 aromatic heterocycles. The van der Waals surface area contributed by atoms with E-state index in [-0.39, 0.29) is 17.7 Å². The number of piperazine rings is 1. The van der Waals surface area contributed by atoms with E-state index < -0.39 is 17.7 Å². The van der Waals surface area contributed by atoms with E-state index in [0.29, 0.717) is 75.6 Å². The third-order valence-electron chi connectivity index (χ3n) is 12.4. The Balaban J connectivity index is 0.737. The molecule has 2 aromatic carbocycles. The molecule has 0 bridgehead atoms. The van der Waals surface area contributed by atoms with Crippen molar-refractivity contribution in [3.05, 3.63) is 83.3 Å². The number of piperidine rings is 1. The molecule has 4 amide bonds. The Bertz CT molecular complexity index is 2370. The lowest BCUT2D eigenvalue weighted by Gasteiger charge is -2.49. The van der Waals surface area contributed by atoms with Gasteiger partial charge in [0.2, 0.25) is 29.5 Å². The third-order valence-corrected chi connectivity index (χ3v) is 12.4. The Hall–Kier alpha value is -6.49. The molecule has 63 heavy (non-hydrogen) atoms. The maximum absolute atomic E-state index is 13.4. The van der Waals surface area contributed by atoms with E-state index >= 15 is 0 Å². The van der Waals surface area contributed by atoms with Gasteiger partial charge in [0, 0.05) is 87.1 Å². The second-order valence-electron chi connectivity index (χ2n) is 17.9. The van der Waals surface area contributed by atoms with Crippen LogP contribution in [0.25, 0.3) is 0 Å². The van der Waals surface area contributed by atoms with Crippen molar-refractivity contribution in [2.45, 2.75) is 77.6 Å². The normalized spacial score (nSPS) is 19.3. The predicted molar refractivity (Wildman–Crippen MR) is 239 cm³/mol. The minimum Gasteiger partial charge on any atom is -0.474 e. The van der Waals surface area contributed by atoms with Gasteiger partial charge in [-0.1, -0.05) is 12.1 Å². The van der Waals surface area contributed by atoms with E-state index in [0.717, 1.165) is 84.3 Å². The van der Waals surface area contributed by atoms with Gasteiger partial charge in [-0.15, -0.1) is 0 Å². The first kappa shape index (κ1) is 41.8. The second-order valence-corrected chi connectivity index (χ2v) is 17.9. The van der Waals surface area contributed by atoms with Crippen LogP contribution in [0, 0.1) is 6.92 Å². The summed E-state index contributed by atoms with van der Waals surface area (Å²) in [5, 5.41) is 8.97. The number of nitrogens with one attached hydrogen (secondary N) is 3. The molecule has 5 aliphatic rings. The molecule has 0 radical (unpaired) electrons. The summed E-state index contributed by atoms with van der Waals surface area (Å²) in [6.07, 6.45) is 5.22. The molecule has 0 spiro atoms. The number of pyridine rings is 1. The number of ether oxygens (including phenoxy) is 2.